The summed E-state index contributed by atoms with van der Waals surface area (Å²) >= 11 is 0. The topological polar surface area (TPSA) is 114 Å². The second-order valence-corrected chi connectivity index (χ2v) is 8.68. The van der Waals surface area contributed by atoms with Crippen molar-refractivity contribution in [1.29, 1.82) is 0 Å². The lowest BCUT2D eigenvalue weighted by atomic mass is 9.83. The third kappa shape index (κ3) is 3.77. The van der Waals surface area contributed by atoms with Crippen molar-refractivity contribution in [2.24, 2.45) is 5.73 Å². The molecular weight excluding hydrogens is 475 g/mol. The first-order valence-corrected chi connectivity index (χ1v) is 11.1. The van der Waals surface area contributed by atoms with Gasteiger partial charge in [0.05, 0.1) is 11.1 Å². The summed E-state index contributed by atoms with van der Waals surface area (Å²) in [7, 11) is 0. The number of rotatable bonds is 5. The highest BCUT2D eigenvalue weighted by Gasteiger charge is 2.41. The molecule has 36 heavy (non-hydrogen) atoms. The molecular formula is C25H20F3N5O3. The summed E-state index contributed by atoms with van der Waals surface area (Å²) < 4.78 is 44.6. The number of halogens is 3. The van der Waals surface area contributed by atoms with E-state index in [1.165, 1.54) is 0 Å². The van der Waals surface area contributed by atoms with Gasteiger partial charge in [0.1, 0.15) is 17.2 Å². The highest BCUT2D eigenvalue weighted by molar-refractivity contribution is 5.92. The summed E-state index contributed by atoms with van der Waals surface area (Å²) in [5.41, 5.74) is 4.21. The molecule has 1 atom stereocenters. The van der Waals surface area contributed by atoms with Crippen molar-refractivity contribution >= 4 is 22.8 Å². The number of anilines is 1. The van der Waals surface area contributed by atoms with Crippen LogP contribution < -0.4 is 16.1 Å². The molecule has 0 aliphatic carbocycles. The Balaban J connectivity index is 1.69. The quantitative estimate of drug-likeness (QED) is 0.438. The van der Waals surface area contributed by atoms with Gasteiger partial charge in [-0.15, -0.1) is 0 Å². The smallest absolute Gasteiger partial charge is 0.341 e. The fourth-order valence-corrected chi connectivity index (χ4v) is 4.66. The van der Waals surface area contributed by atoms with Crippen molar-refractivity contribution in [3.05, 3.63) is 93.8 Å². The molecule has 11 heteroatoms. The van der Waals surface area contributed by atoms with Gasteiger partial charge in [-0.3, -0.25) is 14.3 Å². The summed E-state index contributed by atoms with van der Waals surface area (Å²) in [5.74, 6) is -4.38. The monoisotopic (exact) mass is 495 g/mol. The van der Waals surface area contributed by atoms with Crippen LogP contribution in [-0.4, -0.2) is 45.2 Å². The molecule has 1 aromatic carbocycles. The van der Waals surface area contributed by atoms with Gasteiger partial charge < -0.3 is 15.7 Å². The summed E-state index contributed by atoms with van der Waals surface area (Å²) in [6.45, 7) is 0.924. The van der Waals surface area contributed by atoms with E-state index in [-0.39, 0.29) is 35.6 Å². The molecule has 8 nitrogen and oxygen atoms in total. The van der Waals surface area contributed by atoms with E-state index in [9.17, 15) is 23.5 Å². The molecule has 4 aromatic rings. The minimum Gasteiger partial charge on any atom is -0.477 e. The number of benzene rings is 1. The number of carboxylic acid groups (broad SMARTS) is 1. The van der Waals surface area contributed by atoms with Crippen molar-refractivity contribution in [3.63, 3.8) is 0 Å². The van der Waals surface area contributed by atoms with Crippen LogP contribution in [-0.2, 0) is 5.41 Å². The zero-order chi connectivity index (χ0) is 25.6. The zero-order valence-electron chi connectivity index (χ0n) is 18.8. The van der Waals surface area contributed by atoms with Gasteiger partial charge >= 0.3 is 5.97 Å². The van der Waals surface area contributed by atoms with Crippen LogP contribution in [0.3, 0.4) is 0 Å². The molecule has 1 unspecified atom stereocenters. The van der Waals surface area contributed by atoms with Gasteiger partial charge in [-0.25, -0.2) is 22.9 Å². The highest BCUT2D eigenvalue weighted by atomic mass is 19.1. The van der Waals surface area contributed by atoms with E-state index in [4.69, 9.17) is 5.73 Å². The van der Waals surface area contributed by atoms with E-state index in [1.807, 2.05) is 12.1 Å². The minimum atomic E-state index is -1.58. The van der Waals surface area contributed by atoms with Crippen LogP contribution in [0.4, 0.5) is 19.0 Å². The third-order valence-corrected chi connectivity index (χ3v) is 6.57. The first-order valence-electron chi connectivity index (χ1n) is 11.1. The van der Waals surface area contributed by atoms with Crippen LogP contribution in [0, 0.1) is 17.5 Å². The molecule has 0 saturated carbocycles. The van der Waals surface area contributed by atoms with Crippen molar-refractivity contribution in [2.45, 2.75) is 11.8 Å². The standard InChI is InChI=1S/C25H20F3N5O3/c26-14-4-5-19(17(27)9-14)33-11-16(24(35)36)21(34)15-10-18(28)23(31-22(15)33)32-8-6-25(12-29,13-32)20-3-1-2-7-30-20/h1-5,7,9-11H,6,8,12-13,29H2,(H,35,36). The van der Waals surface area contributed by atoms with Crippen molar-refractivity contribution in [3.8, 4) is 5.69 Å². The van der Waals surface area contributed by atoms with E-state index >= 15 is 4.39 Å². The van der Waals surface area contributed by atoms with E-state index < -0.39 is 39.8 Å². The van der Waals surface area contributed by atoms with Crippen molar-refractivity contribution < 1.29 is 23.1 Å². The Hall–Kier alpha value is -4.25. The molecule has 0 radical (unpaired) electrons. The second-order valence-electron chi connectivity index (χ2n) is 8.68. The maximum atomic E-state index is 15.3. The number of nitrogens with two attached hydrogens (primary N) is 1. The summed E-state index contributed by atoms with van der Waals surface area (Å²) in [6.07, 6.45) is 3.12. The van der Waals surface area contributed by atoms with Crippen LogP contribution in [0.25, 0.3) is 16.7 Å². The molecule has 1 aliphatic rings. The van der Waals surface area contributed by atoms with Crippen LogP contribution >= 0.6 is 0 Å². The predicted octanol–water partition coefficient (Wildman–Crippen LogP) is 3.00. The van der Waals surface area contributed by atoms with E-state index in [2.05, 4.69) is 9.97 Å². The molecule has 0 spiro atoms. The molecule has 5 rings (SSSR count). The SMILES string of the molecule is NCC1(c2ccccn2)CCN(c2nc3c(cc2F)c(=O)c(C(=O)O)cn3-c2ccc(F)cc2F)C1. The number of hydrogen-bond acceptors (Lipinski definition) is 6. The van der Waals surface area contributed by atoms with Gasteiger partial charge in [-0.05, 0) is 36.8 Å². The lowest BCUT2D eigenvalue weighted by Crippen LogP contribution is -2.39. The first kappa shape index (κ1) is 23.5. The number of aromatic nitrogens is 3. The van der Waals surface area contributed by atoms with E-state index in [0.717, 1.165) is 34.7 Å². The second kappa shape index (κ2) is 8.76. The lowest BCUT2D eigenvalue weighted by Gasteiger charge is -2.27. The third-order valence-electron chi connectivity index (χ3n) is 6.57. The maximum Gasteiger partial charge on any atom is 0.341 e. The predicted molar refractivity (Wildman–Crippen MR) is 126 cm³/mol. The molecule has 0 amide bonds. The van der Waals surface area contributed by atoms with Crippen LogP contribution in [0.5, 0.6) is 0 Å². The summed E-state index contributed by atoms with van der Waals surface area (Å²) in [6, 6.07) is 9.05. The van der Waals surface area contributed by atoms with Crippen LogP contribution in [0.2, 0.25) is 0 Å². The largest absolute Gasteiger partial charge is 0.477 e. The number of carbonyl (C=O) groups is 1. The molecule has 4 heterocycles. The van der Waals surface area contributed by atoms with Gasteiger partial charge in [0.15, 0.2) is 17.3 Å². The normalized spacial score (nSPS) is 17.6. The Bertz CT molecular complexity index is 1560. The van der Waals surface area contributed by atoms with Gasteiger partial charge in [-0.2, -0.15) is 0 Å². The Morgan fingerprint density at radius 2 is 1.94 bits per heavy atom. The summed E-state index contributed by atoms with van der Waals surface area (Å²) in [4.78, 5) is 34.9. The Morgan fingerprint density at radius 3 is 2.61 bits per heavy atom. The number of hydrogen-bond donors (Lipinski definition) is 2. The molecule has 1 aliphatic heterocycles. The zero-order valence-corrected chi connectivity index (χ0v) is 18.8. The molecule has 3 N–H and O–H groups in total. The Morgan fingerprint density at radius 1 is 1.14 bits per heavy atom. The Kier molecular flexibility index (Phi) is 5.71. The maximum absolute atomic E-state index is 15.3. The first-order chi connectivity index (χ1) is 17.2. The van der Waals surface area contributed by atoms with E-state index in [0.29, 0.717) is 19.0 Å². The molecule has 1 fully saturated rings. The van der Waals surface area contributed by atoms with Crippen molar-refractivity contribution in [2.75, 3.05) is 24.5 Å². The van der Waals surface area contributed by atoms with Gasteiger partial charge in [-0.1, -0.05) is 6.07 Å². The number of fused-ring (bicyclic) bond motifs is 1. The lowest BCUT2D eigenvalue weighted by molar-refractivity contribution is 0.0695. The fraction of sp³-hybridized carbons (Fsp3) is 0.200. The van der Waals surface area contributed by atoms with Crippen LogP contribution in [0.15, 0.2) is 59.7 Å². The average molecular weight is 495 g/mol. The van der Waals surface area contributed by atoms with Crippen molar-refractivity contribution in [1.82, 2.24) is 14.5 Å². The fourth-order valence-electron chi connectivity index (χ4n) is 4.66. The molecule has 184 valence electrons. The minimum absolute atomic E-state index is 0.104. The van der Waals surface area contributed by atoms with Gasteiger partial charge in [0.2, 0.25) is 5.43 Å². The van der Waals surface area contributed by atoms with E-state index in [1.54, 1.807) is 17.2 Å². The number of carboxylic acids is 1. The van der Waals surface area contributed by atoms with Crippen LogP contribution in [0.1, 0.15) is 22.5 Å². The molecule has 3 aromatic heterocycles. The summed E-state index contributed by atoms with van der Waals surface area (Å²) in [5, 5.41) is 9.14. The molecule has 1 saturated heterocycles. The number of aromatic carboxylic acids is 1. The number of pyridine rings is 3. The Labute approximate surface area is 202 Å². The van der Waals surface area contributed by atoms with Gasteiger partial charge in [0.25, 0.3) is 0 Å². The van der Waals surface area contributed by atoms with Gasteiger partial charge in [0, 0.05) is 49.2 Å². The highest BCUT2D eigenvalue weighted by Crippen LogP contribution is 2.36. The number of nitrogens with zero attached hydrogens (tertiary/aromatic N) is 4. The molecule has 0 bridgehead atoms. The average Bonchev–Trinajstić information content (AvgIpc) is 3.31.